The van der Waals surface area contributed by atoms with E-state index in [0.29, 0.717) is 0 Å². The van der Waals surface area contributed by atoms with Crippen LogP contribution in [0.1, 0.15) is 44.5 Å². The van der Waals surface area contributed by atoms with Gasteiger partial charge in [0.05, 0.1) is 0 Å². The van der Waals surface area contributed by atoms with Gasteiger partial charge in [0, 0.05) is 0 Å². The first kappa shape index (κ1) is 23.5. The van der Waals surface area contributed by atoms with Gasteiger partial charge in [0.1, 0.15) is 0 Å². The summed E-state index contributed by atoms with van der Waals surface area (Å²) in [5.41, 5.74) is 13.7. The SMILES string of the molecule is C=c1cc(C)c(=[B-](c2c(C)cc(C)cc2C)c2c(C)cc(C)cc2C)c(C)c1.[Li+]. The predicted molar refractivity (Wildman–Crippen MR) is 126 cm³/mol. The third-order valence-electron chi connectivity index (χ3n) is 6.00. The van der Waals surface area contributed by atoms with E-state index < -0.39 is 0 Å². The number of hydrogen-bond acceptors (Lipinski definition) is 0. The Balaban J connectivity index is 0.00000300. The van der Waals surface area contributed by atoms with Crippen molar-refractivity contribution in [2.45, 2.75) is 55.4 Å². The topological polar surface area (TPSA) is 0 Å². The Morgan fingerprint density at radius 3 is 1.14 bits per heavy atom. The van der Waals surface area contributed by atoms with Crippen molar-refractivity contribution in [1.82, 2.24) is 0 Å². The summed E-state index contributed by atoms with van der Waals surface area (Å²) in [4.78, 5) is 0. The van der Waals surface area contributed by atoms with E-state index in [2.05, 4.69) is 98.4 Å². The van der Waals surface area contributed by atoms with Gasteiger partial charge in [-0.05, 0) is 60.6 Å². The molecule has 0 spiro atoms. The van der Waals surface area contributed by atoms with Crippen molar-refractivity contribution in [3.8, 4) is 0 Å². The maximum absolute atomic E-state index is 4.18. The fourth-order valence-electron chi connectivity index (χ4n) is 5.25. The van der Waals surface area contributed by atoms with Crippen LogP contribution >= 0.6 is 0 Å². The summed E-state index contributed by atoms with van der Waals surface area (Å²) in [6.07, 6.45) is 0.238. The van der Waals surface area contributed by atoms with Gasteiger partial charge in [0.15, 0.2) is 0 Å². The largest absolute Gasteiger partial charge is 1.00 e. The Morgan fingerprint density at radius 2 is 0.828 bits per heavy atom. The van der Waals surface area contributed by atoms with Gasteiger partial charge in [-0.3, -0.25) is 0 Å². The van der Waals surface area contributed by atoms with E-state index in [1.807, 2.05) is 0 Å². The summed E-state index contributed by atoms with van der Waals surface area (Å²) < 4.78 is 0. The Hall–Kier alpha value is -1.81. The average molecular weight is 374 g/mol. The summed E-state index contributed by atoms with van der Waals surface area (Å²) in [5.74, 6) is 0. The van der Waals surface area contributed by atoms with Crippen molar-refractivity contribution in [3.63, 3.8) is 0 Å². The summed E-state index contributed by atoms with van der Waals surface area (Å²) in [6.45, 7) is 22.1. The molecule has 0 nitrogen and oxygen atoms in total. The molecule has 0 radical (unpaired) electrons. The number of rotatable bonds is 2. The van der Waals surface area contributed by atoms with Gasteiger partial charge >= 0.3 is 18.9 Å². The van der Waals surface area contributed by atoms with Crippen LogP contribution in [0.4, 0.5) is 0 Å². The third kappa shape index (κ3) is 4.53. The molecule has 3 aromatic rings. The van der Waals surface area contributed by atoms with Gasteiger partial charge < -0.3 is 0 Å². The van der Waals surface area contributed by atoms with Gasteiger partial charge in [-0.25, -0.2) is 16.0 Å². The number of hydrogen-bond donors (Lipinski definition) is 0. The minimum absolute atomic E-state index is 0. The molecule has 2 heteroatoms. The third-order valence-corrected chi connectivity index (χ3v) is 6.00. The van der Waals surface area contributed by atoms with Crippen molar-refractivity contribution < 1.29 is 18.9 Å². The monoisotopic (exact) mass is 374 g/mol. The van der Waals surface area contributed by atoms with E-state index in [1.54, 1.807) is 0 Å². The smallest absolute Gasteiger partial charge is 0.217 e. The summed E-state index contributed by atoms with van der Waals surface area (Å²) in [5, 5.41) is 2.52. The Bertz CT molecular complexity index is 1070. The van der Waals surface area contributed by atoms with Crippen molar-refractivity contribution in [1.29, 1.82) is 0 Å². The Labute approximate surface area is 189 Å². The van der Waals surface area contributed by atoms with Crippen LogP contribution in [0, 0.1) is 60.5 Å². The van der Waals surface area contributed by atoms with Crippen LogP contribution < -0.4 is 35.0 Å². The molecular formula is C27H32BLi. The summed E-state index contributed by atoms with van der Waals surface area (Å²) in [6, 6.07) is 13.8. The van der Waals surface area contributed by atoms with Crippen LogP contribution in [-0.4, -0.2) is 6.35 Å². The fraction of sp³-hybridized carbons (Fsp3) is 0.296. The Morgan fingerprint density at radius 1 is 0.517 bits per heavy atom. The molecule has 0 saturated carbocycles. The molecule has 0 saturated heterocycles. The zero-order valence-electron chi connectivity index (χ0n) is 19.7. The number of benzene rings is 3. The van der Waals surface area contributed by atoms with Crippen molar-refractivity contribution >= 4 is 23.9 Å². The van der Waals surface area contributed by atoms with Crippen LogP contribution in [0.25, 0.3) is 6.58 Å². The van der Waals surface area contributed by atoms with Crippen LogP contribution in [0.5, 0.6) is 0 Å². The van der Waals surface area contributed by atoms with Crippen molar-refractivity contribution in [2.24, 2.45) is 0 Å². The quantitative estimate of drug-likeness (QED) is 0.600. The van der Waals surface area contributed by atoms with E-state index >= 15 is 0 Å². The molecule has 0 N–H and O–H groups in total. The molecule has 3 aromatic carbocycles. The zero-order valence-corrected chi connectivity index (χ0v) is 19.7. The van der Waals surface area contributed by atoms with Gasteiger partial charge in [-0.2, -0.15) is 0 Å². The zero-order chi connectivity index (χ0) is 20.7. The second-order valence-electron chi connectivity index (χ2n) is 8.70. The van der Waals surface area contributed by atoms with Gasteiger partial charge in [0.2, 0.25) is 0 Å². The molecule has 0 aliphatic heterocycles. The number of aryl methyl sites for hydroxylation is 8. The van der Waals surface area contributed by atoms with Crippen molar-refractivity contribution in [2.75, 3.05) is 0 Å². The van der Waals surface area contributed by atoms with Gasteiger partial charge in [-0.15, -0.1) is 0 Å². The van der Waals surface area contributed by atoms with Gasteiger partial charge in [0.25, 0.3) is 0 Å². The molecule has 0 fully saturated rings. The first-order chi connectivity index (χ1) is 13.1. The van der Waals surface area contributed by atoms with E-state index in [1.165, 1.54) is 60.5 Å². The van der Waals surface area contributed by atoms with Gasteiger partial charge in [-0.1, -0.05) is 93.8 Å². The molecular weight excluding hydrogens is 342 g/mol. The summed E-state index contributed by atoms with van der Waals surface area (Å²) >= 11 is 0. The van der Waals surface area contributed by atoms with E-state index in [-0.39, 0.29) is 25.2 Å². The molecule has 0 bridgehead atoms. The molecule has 3 rings (SSSR count). The molecule has 0 amide bonds. The van der Waals surface area contributed by atoms with Crippen LogP contribution in [-0.2, 0) is 0 Å². The fourth-order valence-corrected chi connectivity index (χ4v) is 5.25. The molecule has 0 heterocycles. The van der Waals surface area contributed by atoms with Crippen molar-refractivity contribution in [3.05, 3.63) is 91.2 Å². The molecule has 0 aliphatic carbocycles. The average Bonchev–Trinajstić information content (AvgIpc) is 2.51. The first-order valence-corrected chi connectivity index (χ1v) is 10.2. The van der Waals surface area contributed by atoms with Crippen LogP contribution in [0.15, 0.2) is 36.4 Å². The molecule has 29 heavy (non-hydrogen) atoms. The molecule has 144 valence electrons. The first-order valence-electron chi connectivity index (χ1n) is 10.2. The summed E-state index contributed by atoms with van der Waals surface area (Å²) in [7, 11) is 0. The van der Waals surface area contributed by atoms with E-state index in [9.17, 15) is 0 Å². The second kappa shape index (κ2) is 8.91. The van der Waals surface area contributed by atoms with Crippen LogP contribution in [0.3, 0.4) is 0 Å². The second-order valence-corrected chi connectivity index (χ2v) is 8.70. The molecule has 0 aromatic heterocycles. The van der Waals surface area contributed by atoms with E-state index in [4.69, 9.17) is 0 Å². The minimum atomic E-state index is 0. The normalized spacial score (nSPS) is 10.6. The van der Waals surface area contributed by atoms with Crippen LogP contribution in [0.2, 0.25) is 0 Å². The maximum atomic E-state index is 4.18. The molecule has 0 atom stereocenters. The minimum Gasteiger partial charge on any atom is -0.217 e. The standard InChI is InChI=1S/C27H32B.Li/c1-16-10-19(4)25(20(5)11-16)28(26-21(6)12-17(2)13-22(26)7)27-23(8)14-18(3)15-24(27)9;/h10-15H,1H2,2-9H3;/q-1;+1. The maximum Gasteiger partial charge on any atom is 1.00 e. The van der Waals surface area contributed by atoms with E-state index in [0.717, 1.165) is 5.22 Å². The molecule has 0 aliphatic rings. The Kier molecular flexibility index (Phi) is 7.21. The molecule has 0 unspecified atom stereocenters. The predicted octanol–water partition coefficient (Wildman–Crippen LogP) is 1.71.